The molecule has 1 saturated heterocycles. The van der Waals surface area contributed by atoms with Crippen LogP contribution in [0.4, 0.5) is 5.95 Å². The molecule has 1 aliphatic heterocycles. The lowest BCUT2D eigenvalue weighted by Crippen LogP contribution is -2.27. The molecular formula is C14H21N5O3. The van der Waals surface area contributed by atoms with Crippen molar-refractivity contribution in [2.45, 2.75) is 19.4 Å². The summed E-state index contributed by atoms with van der Waals surface area (Å²) in [5.74, 6) is 0.581. The summed E-state index contributed by atoms with van der Waals surface area (Å²) in [5.41, 5.74) is 0.438. The highest BCUT2D eigenvalue weighted by Gasteiger charge is 2.25. The van der Waals surface area contributed by atoms with Crippen LogP contribution in [0.3, 0.4) is 0 Å². The Labute approximate surface area is 128 Å². The first-order valence-corrected chi connectivity index (χ1v) is 7.55. The Morgan fingerprint density at radius 2 is 2.32 bits per heavy atom. The second-order valence-electron chi connectivity index (χ2n) is 5.32. The number of hydrogen-bond acceptors (Lipinski definition) is 6. The smallest absolute Gasteiger partial charge is 0.263 e. The van der Waals surface area contributed by atoms with Gasteiger partial charge in [-0.05, 0) is 13.3 Å². The standard InChI is InChI=1S/C14H21N5O3/c1-3-21-6-7-22-10-4-5-19(9-10)14-16-12-11(13(20)17-14)8-15-18(12)2/h8,10H,3-7,9H2,1-2H3,(H,16,17,20)/t10-/m0/s1. The first kappa shape index (κ1) is 15.0. The number of nitrogens with zero attached hydrogens (tertiary/aromatic N) is 4. The number of H-pyrrole nitrogens is 1. The quantitative estimate of drug-likeness (QED) is 0.772. The largest absolute Gasteiger partial charge is 0.379 e. The minimum absolute atomic E-state index is 0.146. The van der Waals surface area contributed by atoms with E-state index in [1.54, 1.807) is 11.7 Å². The van der Waals surface area contributed by atoms with Crippen molar-refractivity contribution in [1.82, 2.24) is 19.7 Å². The molecule has 1 fully saturated rings. The lowest BCUT2D eigenvalue weighted by molar-refractivity contribution is 0.0169. The summed E-state index contributed by atoms with van der Waals surface area (Å²) in [6.45, 7) is 5.41. The Kier molecular flexibility index (Phi) is 4.39. The van der Waals surface area contributed by atoms with E-state index in [2.05, 4.69) is 15.1 Å². The highest BCUT2D eigenvalue weighted by Crippen LogP contribution is 2.18. The molecule has 0 amide bonds. The molecule has 0 radical (unpaired) electrons. The van der Waals surface area contributed by atoms with E-state index in [1.165, 1.54) is 6.20 Å². The first-order valence-electron chi connectivity index (χ1n) is 7.55. The summed E-state index contributed by atoms with van der Waals surface area (Å²) < 4.78 is 12.7. The third kappa shape index (κ3) is 2.97. The molecule has 8 nitrogen and oxygen atoms in total. The van der Waals surface area contributed by atoms with Gasteiger partial charge in [-0.15, -0.1) is 0 Å². The maximum atomic E-state index is 12.1. The van der Waals surface area contributed by atoms with Crippen LogP contribution in [0, 0.1) is 0 Å². The van der Waals surface area contributed by atoms with Gasteiger partial charge in [0.1, 0.15) is 5.39 Å². The number of ether oxygens (including phenoxy) is 2. The predicted molar refractivity (Wildman–Crippen MR) is 82.2 cm³/mol. The van der Waals surface area contributed by atoms with Crippen molar-refractivity contribution in [1.29, 1.82) is 0 Å². The molecule has 2 aromatic rings. The topological polar surface area (TPSA) is 85.3 Å². The molecule has 2 aromatic heterocycles. The van der Waals surface area contributed by atoms with Gasteiger partial charge in [-0.25, -0.2) is 0 Å². The second-order valence-corrected chi connectivity index (χ2v) is 5.32. The van der Waals surface area contributed by atoms with Gasteiger partial charge < -0.3 is 14.4 Å². The van der Waals surface area contributed by atoms with E-state index >= 15 is 0 Å². The maximum absolute atomic E-state index is 12.1. The van der Waals surface area contributed by atoms with Gasteiger partial charge in [0, 0.05) is 26.7 Å². The summed E-state index contributed by atoms with van der Waals surface area (Å²) in [6, 6.07) is 0. The average Bonchev–Trinajstić information content (AvgIpc) is 3.12. The summed E-state index contributed by atoms with van der Waals surface area (Å²) in [5, 5.41) is 4.58. The van der Waals surface area contributed by atoms with Crippen LogP contribution in [0.2, 0.25) is 0 Å². The van der Waals surface area contributed by atoms with Crippen molar-refractivity contribution >= 4 is 17.0 Å². The van der Waals surface area contributed by atoms with E-state index < -0.39 is 0 Å². The summed E-state index contributed by atoms with van der Waals surface area (Å²) in [6.07, 6.45) is 2.60. The van der Waals surface area contributed by atoms with Crippen molar-refractivity contribution in [2.24, 2.45) is 7.05 Å². The van der Waals surface area contributed by atoms with E-state index in [4.69, 9.17) is 9.47 Å². The Bertz CT molecular complexity index is 695. The van der Waals surface area contributed by atoms with Crippen molar-refractivity contribution in [3.05, 3.63) is 16.6 Å². The van der Waals surface area contributed by atoms with Gasteiger partial charge in [0.2, 0.25) is 5.95 Å². The highest BCUT2D eigenvalue weighted by atomic mass is 16.5. The van der Waals surface area contributed by atoms with Gasteiger partial charge in [0.25, 0.3) is 5.56 Å². The van der Waals surface area contributed by atoms with Crippen LogP contribution in [0.1, 0.15) is 13.3 Å². The molecule has 22 heavy (non-hydrogen) atoms. The number of hydrogen-bond donors (Lipinski definition) is 1. The zero-order valence-electron chi connectivity index (χ0n) is 12.9. The fourth-order valence-corrected chi connectivity index (χ4v) is 2.65. The molecule has 1 N–H and O–H groups in total. The Balaban J connectivity index is 1.68. The van der Waals surface area contributed by atoms with E-state index in [0.717, 1.165) is 19.5 Å². The van der Waals surface area contributed by atoms with Crippen molar-refractivity contribution in [3.63, 3.8) is 0 Å². The molecule has 0 bridgehead atoms. The molecule has 3 heterocycles. The van der Waals surface area contributed by atoms with Gasteiger partial charge in [-0.2, -0.15) is 10.1 Å². The molecule has 3 rings (SSSR count). The van der Waals surface area contributed by atoms with Crippen molar-refractivity contribution in [2.75, 3.05) is 37.8 Å². The lowest BCUT2D eigenvalue weighted by Gasteiger charge is -2.17. The Morgan fingerprint density at radius 3 is 3.14 bits per heavy atom. The van der Waals surface area contributed by atoms with Gasteiger partial charge in [0.05, 0.1) is 25.5 Å². The SMILES string of the molecule is CCOCCO[C@H]1CCN(c2nc3c(cnn3C)c(=O)[nH]2)C1. The van der Waals surface area contributed by atoms with E-state index in [9.17, 15) is 4.79 Å². The van der Waals surface area contributed by atoms with Crippen LogP contribution in [-0.2, 0) is 16.5 Å². The van der Waals surface area contributed by atoms with Crippen LogP contribution in [-0.4, -0.2) is 58.8 Å². The summed E-state index contributed by atoms with van der Waals surface area (Å²) in [4.78, 5) is 21.5. The monoisotopic (exact) mass is 307 g/mol. The van der Waals surface area contributed by atoms with Gasteiger partial charge in [-0.3, -0.25) is 14.5 Å². The second kappa shape index (κ2) is 6.45. The van der Waals surface area contributed by atoms with Gasteiger partial charge in [-0.1, -0.05) is 0 Å². The number of anilines is 1. The van der Waals surface area contributed by atoms with E-state index in [1.807, 2.05) is 11.8 Å². The lowest BCUT2D eigenvalue weighted by atomic mass is 10.3. The zero-order valence-corrected chi connectivity index (χ0v) is 12.9. The van der Waals surface area contributed by atoms with Crippen LogP contribution in [0.15, 0.2) is 11.0 Å². The molecular weight excluding hydrogens is 286 g/mol. The van der Waals surface area contributed by atoms with Crippen molar-refractivity contribution < 1.29 is 9.47 Å². The van der Waals surface area contributed by atoms with Crippen LogP contribution in [0.5, 0.6) is 0 Å². The third-order valence-corrected chi connectivity index (χ3v) is 3.82. The Hall–Kier alpha value is -1.93. The number of nitrogens with one attached hydrogen (secondary N) is 1. The highest BCUT2D eigenvalue weighted by molar-refractivity contribution is 5.74. The molecule has 0 unspecified atom stereocenters. The number of rotatable bonds is 6. The predicted octanol–water partition coefficient (Wildman–Crippen LogP) is 0.288. The van der Waals surface area contributed by atoms with E-state index in [0.29, 0.717) is 36.8 Å². The zero-order chi connectivity index (χ0) is 15.5. The fourth-order valence-electron chi connectivity index (χ4n) is 2.65. The van der Waals surface area contributed by atoms with Gasteiger partial charge in [0.15, 0.2) is 5.65 Å². The van der Waals surface area contributed by atoms with Crippen molar-refractivity contribution in [3.8, 4) is 0 Å². The summed E-state index contributed by atoms with van der Waals surface area (Å²) >= 11 is 0. The summed E-state index contributed by atoms with van der Waals surface area (Å²) in [7, 11) is 1.78. The molecule has 120 valence electrons. The number of aryl methyl sites for hydroxylation is 1. The number of aromatic nitrogens is 4. The molecule has 0 aliphatic carbocycles. The molecule has 1 atom stereocenters. The third-order valence-electron chi connectivity index (χ3n) is 3.82. The molecule has 0 saturated carbocycles. The minimum atomic E-state index is -0.159. The minimum Gasteiger partial charge on any atom is -0.379 e. The van der Waals surface area contributed by atoms with Crippen LogP contribution in [0.25, 0.3) is 11.0 Å². The molecule has 0 spiro atoms. The Morgan fingerprint density at radius 1 is 1.45 bits per heavy atom. The van der Waals surface area contributed by atoms with Crippen LogP contribution < -0.4 is 10.5 Å². The first-order chi connectivity index (χ1) is 10.7. The average molecular weight is 307 g/mol. The molecule has 1 aliphatic rings. The molecule has 0 aromatic carbocycles. The maximum Gasteiger partial charge on any atom is 0.263 e. The number of fused-ring (bicyclic) bond motifs is 1. The fraction of sp³-hybridized carbons (Fsp3) is 0.643. The van der Waals surface area contributed by atoms with E-state index in [-0.39, 0.29) is 11.7 Å². The normalized spacial score (nSPS) is 18.5. The molecule has 8 heteroatoms. The van der Waals surface area contributed by atoms with Crippen LogP contribution >= 0.6 is 0 Å². The van der Waals surface area contributed by atoms with Gasteiger partial charge >= 0.3 is 0 Å². The number of aromatic amines is 1.